The van der Waals surface area contributed by atoms with Gasteiger partial charge in [0.25, 0.3) is 11.1 Å². The van der Waals surface area contributed by atoms with Crippen molar-refractivity contribution < 1.29 is 49.1 Å². The van der Waals surface area contributed by atoms with Gasteiger partial charge in [-0.1, -0.05) is 6.07 Å². The lowest BCUT2D eigenvalue weighted by Crippen LogP contribution is -2.54. The molecule has 0 unspecified atom stereocenters. The molecule has 4 amide bonds. The number of halogens is 9. The number of hydrogen-bond donors (Lipinski definition) is 4. The standard InChI is InChI=1S/C49H37F9N10O4/c1-23-11-35(51)40(17-30(23)32-13-25-21-61-42(59)19-38(25)65(4)44(32)69)67(46(71)63-29-8-6-7-27(15-29)48(53,54)55)68(47(72)64-37-16-28(49(56,57)58)9-10-34(37)50)41-18-31(24(2)12-36(41)52)33-14-26-22-62-43(60-3)20-39(26)66(5)45(33)70/h6-22H,1-5H3,(H2,59,61)(H,60,62)(H,63,71)(H,64,72). The number of nitrogen functional groups attached to an aromatic ring is 1. The van der Waals surface area contributed by atoms with Crippen molar-refractivity contribution in [1.82, 2.24) is 19.1 Å². The minimum absolute atomic E-state index is 0.0312. The molecule has 0 aliphatic carbocycles. The van der Waals surface area contributed by atoms with Crippen LogP contribution >= 0.6 is 0 Å². The second kappa shape index (κ2) is 18.5. The molecule has 4 aromatic heterocycles. The first-order valence-electron chi connectivity index (χ1n) is 21.2. The van der Waals surface area contributed by atoms with Crippen LogP contribution in [-0.2, 0) is 26.4 Å². The molecule has 0 radical (unpaired) electrons. The Morgan fingerprint density at radius 1 is 0.597 bits per heavy atom. The summed E-state index contributed by atoms with van der Waals surface area (Å²) in [6.45, 7) is 2.74. The minimum Gasteiger partial charge on any atom is -0.384 e. The molecule has 0 atom stereocenters. The van der Waals surface area contributed by atoms with Gasteiger partial charge in [-0.2, -0.15) is 36.4 Å². The smallest absolute Gasteiger partial charge is 0.384 e. The quantitative estimate of drug-likeness (QED) is 0.0902. The molecule has 5 N–H and O–H groups in total. The Balaban J connectivity index is 1.43. The number of anilines is 6. The molecular weight excluding hydrogens is 964 g/mol. The van der Waals surface area contributed by atoms with E-state index in [1.54, 1.807) is 13.1 Å². The number of alkyl halides is 6. The minimum atomic E-state index is -5.11. The summed E-state index contributed by atoms with van der Waals surface area (Å²) in [6, 6.07) is 9.42. The number of hydrazine groups is 1. The summed E-state index contributed by atoms with van der Waals surface area (Å²) in [4.78, 5) is 66.5. The predicted molar refractivity (Wildman–Crippen MR) is 254 cm³/mol. The number of hydrogen-bond acceptors (Lipinski definition) is 8. The Bertz CT molecular complexity index is 3670. The Morgan fingerprint density at radius 2 is 1.10 bits per heavy atom. The molecule has 0 spiro atoms. The number of aryl methyl sites for hydroxylation is 4. The van der Waals surface area contributed by atoms with Crippen LogP contribution in [0.2, 0.25) is 0 Å². The van der Waals surface area contributed by atoms with Crippen LogP contribution < -0.4 is 42.8 Å². The summed E-state index contributed by atoms with van der Waals surface area (Å²) in [5.41, 5.74) is -1.98. The lowest BCUT2D eigenvalue weighted by Gasteiger charge is -2.35. The molecule has 8 aromatic rings. The normalized spacial score (nSPS) is 11.8. The van der Waals surface area contributed by atoms with Crippen LogP contribution in [0.3, 0.4) is 0 Å². The molecule has 72 heavy (non-hydrogen) atoms. The van der Waals surface area contributed by atoms with Crippen molar-refractivity contribution >= 4 is 68.3 Å². The van der Waals surface area contributed by atoms with Crippen molar-refractivity contribution in [3.8, 4) is 22.3 Å². The molecule has 0 saturated heterocycles. The number of urea groups is 2. The Labute approximate surface area is 400 Å². The Kier molecular flexibility index (Phi) is 12.7. The maximum atomic E-state index is 17.1. The van der Waals surface area contributed by atoms with E-state index in [-0.39, 0.29) is 55.3 Å². The van der Waals surface area contributed by atoms with Gasteiger partial charge in [0.15, 0.2) is 0 Å². The number of nitrogens with one attached hydrogen (secondary N) is 3. The van der Waals surface area contributed by atoms with Crippen molar-refractivity contribution in [2.45, 2.75) is 26.2 Å². The molecule has 23 heteroatoms. The van der Waals surface area contributed by atoms with E-state index >= 15 is 13.2 Å². The van der Waals surface area contributed by atoms with E-state index in [1.165, 1.54) is 67.7 Å². The van der Waals surface area contributed by atoms with Crippen LogP contribution in [0.15, 0.2) is 113 Å². The molecule has 0 aliphatic rings. The summed E-state index contributed by atoms with van der Waals surface area (Å²) in [7, 11) is 4.40. The third-order valence-corrected chi connectivity index (χ3v) is 11.7. The highest BCUT2D eigenvalue weighted by Crippen LogP contribution is 2.39. The van der Waals surface area contributed by atoms with Gasteiger partial charge in [0, 0.05) is 73.3 Å². The lowest BCUT2D eigenvalue weighted by molar-refractivity contribution is -0.138. The Hall–Kier alpha value is -8.89. The van der Waals surface area contributed by atoms with Crippen LogP contribution in [-0.4, -0.2) is 38.2 Å². The van der Waals surface area contributed by atoms with Gasteiger partial charge in [-0.25, -0.2) is 32.7 Å². The van der Waals surface area contributed by atoms with E-state index in [2.05, 4.69) is 20.6 Å². The molecule has 14 nitrogen and oxygen atoms in total. The number of benzene rings is 4. The van der Waals surface area contributed by atoms with Crippen molar-refractivity contribution in [1.29, 1.82) is 0 Å². The zero-order valence-electron chi connectivity index (χ0n) is 38.1. The molecule has 4 heterocycles. The maximum absolute atomic E-state index is 17.1. The van der Waals surface area contributed by atoms with Gasteiger partial charge in [0.05, 0.1) is 27.8 Å². The number of fused-ring (bicyclic) bond motifs is 2. The fourth-order valence-electron chi connectivity index (χ4n) is 8.03. The first-order chi connectivity index (χ1) is 33.9. The van der Waals surface area contributed by atoms with Gasteiger partial charge in [-0.05, 0) is 109 Å². The fourth-order valence-corrected chi connectivity index (χ4v) is 8.03. The molecule has 0 saturated carbocycles. The lowest BCUT2D eigenvalue weighted by atomic mass is 9.98. The maximum Gasteiger partial charge on any atom is 0.416 e. The zero-order valence-corrected chi connectivity index (χ0v) is 38.1. The molecule has 8 rings (SSSR count). The number of nitrogens with two attached hydrogens (primary N) is 1. The number of carbonyl (C=O) groups is 2. The summed E-state index contributed by atoms with van der Waals surface area (Å²) in [6.07, 6.45) is -7.33. The third kappa shape index (κ3) is 9.30. The van der Waals surface area contributed by atoms with Gasteiger partial charge < -0.3 is 30.8 Å². The summed E-state index contributed by atoms with van der Waals surface area (Å²) in [5.74, 6) is -3.82. The summed E-state index contributed by atoms with van der Waals surface area (Å²) in [5, 5.41) is 7.74. The summed E-state index contributed by atoms with van der Waals surface area (Å²) >= 11 is 0. The Morgan fingerprint density at radius 3 is 1.62 bits per heavy atom. The SMILES string of the molecule is CNc1cc2c(cn1)cc(-c1cc(N(C(=O)Nc3cc(C(F)(F)F)ccc3F)N(C(=O)Nc3cccc(C(F)(F)F)c3)c3cc(-c4cc5cnc(N)cc5n(C)c4=O)c(C)cc3F)c(F)cc1C)c(=O)n2C. The van der Waals surface area contributed by atoms with E-state index in [0.717, 1.165) is 36.4 Å². The van der Waals surface area contributed by atoms with Crippen LogP contribution in [0.4, 0.5) is 83.5 Å². The van der Waals surface area contributed by atoms with Gasteiger partial charge in [-0.3, -0.25) is 9.59 Å². The topological polar surface area (TPSA) is 173 Å². The number of nitrogens with zero attached hydrogens (tertiary/aromatic N) is 6. The second-order valence-electron chi connectivity index (χ2n) is 16.4. The average molecular weight is 1000 g/mol. The zero-order chi connectivity index (χ0) is 52.3. The molecule has 0 aliphatic heterocycles. The number of pyridine rings is 4. The first-order valence-corrected chi connectivity index (χ1v) is 21.2. The van der Waals surface area contributed by atoms with Crippen molar-refractivity contribution in [2.24, 2.45) is 14.1 Å². The predicted octanol–water partition coefficient (Wildman–Crippen LogP) is 10.9. The van der Waals surface area contributed by atoms with Crippen LogP contribution in [0.5, 0.6) is 0 Å². The van der Waals surface area contributed by atoms with Gasteiger partial charge in [0.2, 0.25) is 0 Å². The fraction of sp³-hybridized carbons (Fsp3) is 0.143. The molecule has 0 bridgehead atoms. The van der Waals surface area contributed by atoms with Crippen LogP contribution in [0.1, 0.15) is 22.3 Å². The van der Waals surface area contributed by atoms with E-state index in [4.69, 9.17) is 5.73 Å². The molecule has 4 aromatic carbocycles. The molecule has 370 valence electrons. The number of carbonyl (C=O) groups excluding carboxylic acids is 2. The molecular formula is C49H37F9N10O4. The highest BCUT2D eigenvalue weighted by molar-refractivity contribution is 6.14. The number of rotatable bonds is 7. The monoisotopic (exact) mass is 1000 g/mol. The van der Waals surface area contributed by atoms with Crippen LogP contribution in [0, 0.1) is 31.3 Å². The summed E-state index contributed by atoms with van der Waals surface area (Å²) < 4.78 is 136. The van der Waals surface area contributed by atoms with Crippen LogP contribution in [0.25, 0.3) is 44.1 Å². The van der Waals surface area contributed by atoms with E-state index < -0.39 is 86.9 Å². The largest absolute Gasteiger partial charge is 0.416 e. The van der Waals surface area contributed by atoms with Gasteiger partial charge in [0.1, 0.15) is 40.5 Å². The first kappa shape index (κ1) is 49.5. The van der Waals surface area contributed by atoms with Crippen molar-refractivity contribution in [3.63, 3.8) is 0 Å². The average Bonchev–Trinajstić information content (AvgIpc) is 3.31. The third-order valence-electron chi connectivity index (χ3n) is 11.7. The van der Waals surface area contributed by atoms with Gasteiger partial charge in [-0.15, -0.1) is 0 Å². The number of aromatic nitrogens is 4. The van der Waals surface area contributed by atoms with Crippen molar-refractivity contribution in [2.75, 3.05) is 38.7 Å². The molecule has 0 fully saturated rings. The van der Waals surface area contributed by atoms with E-state index in [0.29, 0.717) is 51.9 Å². The highest BCUT2D eigenvalue weighted by Gasteiger charge is 2.38. The highest BCUT2D eigenvalue weighted by atomic mass is 19.4. The van der Waals surface area contributed by atoms with E-state index in [1.807, 2.05) is 5.32 Å². The van der Waals surface area contributed by atoms with Gasteiger partial charge >= 0.3 is 24.4 Å². The number of amides is 4. The second-order valence-corrected chi connectivity index (χ2v) is 16.4. The van der Waals surface area contributed by atoms with Crippen molar-refractivity contribution in [3.05, 3.63) is 164 Å². The van der Waals surface area contributed by atoms with E-state index in [9.17, 15) is 45.5 Å².